The van der Waals surface area contributed by atoms with Crippen molar-refractivity contribution >= 4 is 21.9 Å². The average Bonchev–Trinajstić information content (AvgIpc) is 3.01. The number of hydrogen-bond donors (Lipinski definition) is 0. The fraction of sp³-hybridized carbons (Fsp3) is 0.533. The number of hydrogen-bond acceptors (Lipinski definition) is 3. The highest BCUT2D eigenvalue weighted by Crippen LogP contribution is 2.59. The molecule has 1 aliphatic heterocycles. The number of halogens is 2. The molecule has 0 spiro atoms. The SMILES string of the molecule is CCCC1(C(=O)OCC)OC1(C)c1ccc(F)c(Br)c1. The van der Waals surface area contributed by atoms with Gasteiger partial charge in [0.15, 0.2) is 5.60 Å². The molecule has 2 atom stereocenters. The summed E-state index contributed by atoms with van der Waals surface area (Å²) in [5.74, 6) is -0.681. The molecule has 1 aliphatic rings. The van der Waals surface area contributed by atoms with Crippen molar-refractivity contribution in [2.24, 2.45) is 0 Å². The van der Waals surface area contributed by atoms with Gasteiger partial charge in [-0.3, -0.25) is 0 Å². The number of esters is 1. The zero-order chi connectivity index (χ0) is 15.0. The van der Waals surface area contributed by atoms with Crippen molar-refractivity contribution in [3.8, 4) is 0 Å². The topological polar surface area (TPSA) is 38.8 Å². The van der Waals surface area contributed by atoms with Crippen LogP contribution in [0.1, 0.15) is 39.2 Å². The van der Waals surface area contributed by atoms with Gasteiger partial charge in [-0.1, -0.05) is 19.4 Å². The van der Waals surface area contributed by atoms with E-state index >= 15 is 0 Å². The van der Waals surface area contributed by atoms with Gasteiger partial charge in [0.05, 0.1) is 11.1 Å². The van der Waals surface area contributed by atoms with Gasteiger partial charge >= 0.3 is 5.97 Å². The summed E-state index contributed by atoms with van der Waals surface area (Å²) in [6, 6.07) is 4.68. The summed E-state index contributed by atoms with van der Waals surface area (Å²) >= 11 is 3.16. The minimum absolute atomic E-state index is 0.316. The van der Waals surface area contributed by atoms with Crippen LogP contribution in [0.4, 0.5) is 4.39 Å². The highest BCUT2D eigenvalue weighted by atomic mass is 79.9. The van der Waals surface area contributed by atoms with E-state index in [9.17, 15) is 9.18 Å². The van der Waals surface area contributed by atoms with E-state index in [1.165, 1.54) is 6.07 Å². The van der Waals surface area contributed by atoms with Crippen LogP contribution in [0.2, 0.25) is 0 Å². The van der Waals surface area contributed by atoms with Crippen molar-refractivity contribution < 1.29 is 18.7 Å². The molecule has 1 fully saturated rings. The monoisotopic (exact) mass is 344 g/mol. The summed E-state index contributed by atoms with van der Waals surface area (Å²) in [7, 11) is 0. The molecule has 110 valence electrons. The van der Waals surface area contributed by atoms with Gasteiger partial charge in [-0.25, -0.2) is 9.18 Å². The largest absolute Gasteiger partial charge is 0.464 e. The smallest absolute Gasteiger partial charge is 0.341 e. The van der Waals surface area contributed by atoms with Gasteiger partial charge in [-0.05, 0) is 53.9 Å². The third kappa shape index (κ3) is 2.27. The second kappa shape index (κ2) is 5.45. The van der Waals surface area contributed by atoms with Crippen LogP contribution in [0.25, 0.3) is 0 Å². The van der Waals surface area contributed by atoms with E-state index in [-0.39, 0.29) is 11.8 Å². The van der Waals surface area contributed by atoms with Gasteiger partial charge in [0.2, 0.25) is 0 Å². The van der Waals surface area contributed by atoms with Crippen molar-refractivity contribution in [1.29, 1.82) is 0 Å². The molecule has 0 radical (unpaired) electrons. The Labute approximate surface area is 126 Å². The van der Waals surface area contributed by atoms with E-state index in [0.717, 1.165) is 12.0 Å². The molecule has 0 amide bonds. The summed E-state index contributed by atoms with van der Waals surface area (Å²) in [6.45, 7) is 5.92. The van der Waals surface area contributed by atoms with E-state index < -0.39 is 11.2 Å². The number of carbonyl (C=O) groups excluding carboxylic acids is 1. The van der Waals surface area contributed by atoms with Gasteiger partial charge in [-0.2, -0.15) is 0 Å². The molecule has 0 bridgehead atoms. The van der Waals surface area contributed by atoms with Crippen molar-refractivity contribution in [3.05, 3.63) is 34.1 Å². The molecule has 1 aromatic rings. The second-order valence-corrected chi connectivity index (χ2v) is 5.92. The van der Waals surface area contributed by atoms with Crippen LogP contribution in [-0.4, -0.2) is 18.2 Å². The van der Waals surface area contributed by atoms with E-state index in [1.807, 2.05) is 13.8 Å². The molecule has 1 aromatic carbocycles. The summed E-state index contributed by atoms with van der Waals surface area (Å²) in [5.41, 5.74) is -0.937. The minimum atomic E-state index is -0.949. The highest BCUT2D eigenvalue weighted by molar-refractivity contribution is 9.10. The Morgan fingerprint density at radius 3 is 2.70 bits per heavy atom. The average molecular weight is 345 g/mol. The number of rotatable bonds is 5. The normalized spacial score (nSPS) is 28.2. The molecule has 20 heavy (non-hydrogen) atoms. The third-order valence-electron chi connectivity index (χ3n) is 3.79. The first kappa shape index (κ1) is 15.4. The molecule has 2 rings (SSSR count). The Kier molecular flexibility index (Phi) is 4.21. The summed E-state index contributed by atoms with van der Waals surface area (Å²) in [4.78, 5) is 12.2. The molecule has 0 aromatic heterocycles. The maximum absolute atomic E-state index is 13.3. The van der Waals surface area contributed by atoms with E-state index in [0.29, 0.717) is 17.5 Å². The summed E-state index contributed by atoms with van der Waals surface area (Å²) < 4.78 is 24.7. The van der Waals surface area contributed by atoms with Crippen molar-refractivity contribution in [2.45, 2.75) is 44.8 Å². The molecule has 5 heteroatoms. The molecule has 3 nitrogen and oxygen atoms in total. The Balaban J connectivity index is 2.35. The lowest BCUT2D eigenvalue weighted by molar-refractivity contribution is -0.149. The van der Waals surface area contributed by atoms with Crippen LogP contribution in [-0.2, 0) is 19.9 Å². The standard InChI is InChI=1S/C15H18BrFO3/c1-4-8-15(13(18)19-5-2)14(3,20-15)10-6-7-12(17)11(16)9-10/h6-7,9H,4-5,8H2,1-3H3. The third-order valence-corrected chi connectivity index (χ3v) is 4.39. The van der Waals surface area contributed by atoms with Crippen LogP contribution in [0.15, 0.2) is 22.7 Å². The predicted octanol–water partition coefficient (Wildman–Crippen LogP) is 3.94. The van der Waals surface area contributed by atoms with Gasteiger partial charge in [-0.15, -0.1) is 0 Å². The van der Waals surface area contributed by atoms with Crippen LogP contribution >= 0.6 is 15.9 Å². The Morgan fingerprint density at radius 2 is 2.15 bits per heavy atom. The minimum Gasteiger partial charge on any atom is -0.464 e. The van der Waals surface area contributed by atoms with Crippen LogP contribution in [0.3, 0.4) is 0 Å². The fourth-order valence-electron chi connectivity index (χ4n) is 2.64. The quantitative estimate of drug-likeness (QED) is 0.599. The van der Waals surface area contributed by atoms with E-state index in [4.69, 9.17) is 9.47 Å². The zero-order valence-electron chi connectivity index (χ0n) is 11.8. The molecular formula is C15H18BrFO3. The number of epoxide rings is 1. The number of benzene rings is 1. The van der Waals surface area contributed by atoms with Crippen molar-refractivity contribution in [1.82, 2.24) is 0 Å². The summed E-state index contributed by atoms with van der Waals surface area (Å²) in [6.07, 6.45) is 1.38. The highest BCUT2D eigenvalue weighted by Gasteiger charge is 2.73. The lowest BCUT2D eigenvalue weighted by Gasteiger charge is -2.16. The van der Waals surface area contributed by atoms with Crippen molar-refractivity contribution in [2.75, 3.05) is 6.61 Å². The van der Waals surface area contributed by atoms with Crippen LogP contribution in [0.5, 0.6) is 0 Å². The predicted molar refractivity (Wildman–Crippen MR) is 76.8 cm³/mol. The van der Waals surface area contributed by atoms with Gasteiger partial charge in [0.25, 0.3) is 0 Å². The Hall–Kier alpha value is -0.940. The van der Waals surface area contributed by atoms with Gasteiger partial charge in [0, 0.05) is 0 Å². The van der Waals surface area contributed by atoms with Crippen molar-refractivity contribution in [3.63, 3.8) is 0 Å². The van der Waals surface area contributed by atoms with E-state index in [2.05, 4.69) is 15.9 Å². The first-order valence-corrected chi connectivity index (χ1v) is 7.53. The van der Waals surface area contributed by atoms with Gasteiger partial charge < -0.3 is 9.47 Å². The Bertz CT molecular complexity index is 534. The fourth-order valence-corrected chi connectivity index (χ4v) is 3.01. The lowest BCUT2D eigenvalue weighted by Crippen LogP contribution is -2.33. The molecule has 2 unspecified atom stereocenters. The summed E-state index contributed by atoms with van der Waals surface area (Å²) in [5, 5.41) is 0. The van der Waals surface area contributed by atoms with E-state index in [1.54, 1.807) is 19.1 Å². The second-order valence-electron chi connectivity index (χ2n) is 5.06. The maximum atomic E-state index is 13.3. The van der Waals surface area contributed by atoms with Gasteiger partial charge in [0.1, 0.15) is 11.4 Å². The first-order valence-electron chi connectivity index (χ1n) is 6.74. The molecule has 0 saturated carbocycles. The lowest BCUT2D eigenvalue weighted by atomic mass is 9.84. The Morgan fingerprint density at radius 1 is 1.45 bits per heavy atom. The molecule has 0 aliphatic carbocycles. The molecule has 1 saturated heterocycles. The number of carbonyl (C=O) groups is 1. The zero-order valence-corrected chi connectivity index (χ0v) is 13.4. The van der Waals surface area contributed by atoms with Crippen LogP contribution in [0, 0.1) is 5.82 Å². The molecular weight excluding hydrogens is 327 g/mol. The maximum Gasteiger partial charge on any atom is 0.341 e. The molecule has 0 N–H and O–H groups in total. The number of ether oxygens (including phenoxy) is 2. The van der Waals surface area contributed by atoms with Crippen LogP contribution < -0.4 is 0 Å². The first-order chi connectivity index (χ1) is 9.41. The molecule has 1 heterocycles.